The summed E-state index contributed by atoms with van der Waals surface area (Å²) < 4.78 is 30.7. The number of halogens is 2. The predicted octanol–water partition coefficient (Wildman–Crippen LogP) is 2.00. The van der Waals surface area contributed by atoms with Gasteiger partial charge in [-0.05, 0) is 6.07 Å². The van der Waals surface area contributed by atoms with Gasteiger partial charge in [0.1, 0.15) is 11.5 Å². The van der Waals surface area contributed by atoms with Crippen molar-refractivity contribution in [2.24, 2.45) is 0 Å². The lowest BCUT2D eigenvalue weighted by Crippen LogP contribution is -2.45. The molecule has 1 aromatic rings. The lowest BCUT2D eigenvalue weighted by atomic mass is 10.00. The van der Waals surface area contributed by atoms with E-state index >= 15 is 0 Å². The molecule has 0 bridgehead atoms. The topological polar surface area (TPSA) is 44.7 Å². The third-order valence-corrected chi connectivity index (χ3v) is 3.59. The first-order valence-electron chi connectivity index (χ1n) is 6.71. The van der Waals surface area contributed by atoms with Crippen LogP contribution in [0.25, 0.3) is 0 Å². The van der Waals surface area contributed by atoms with Crippen LogP contribution in [-0.4, -0.2) is 49.7 Å². The third-order valence-electron chi connectivity index (χ3n) is 3.59. The molecule has 6 heteroatoms. The summed E-state index contributed by atoms with van der Waals surface area (Å²) in [6.07, 6.45) is -2.68. The number of methoxy groups -OCH3 is 1. The molecule has 1 aromatic carbocycles. The number of phenols is 1. The Hall–Kier alpha value is -1.40. The summed E-state index contributed by atoms with van der Waals surface area (Å²) in [5, 5.41) is 13.3. The molecule has 0 aromatic heterocycles. The predicted molar refractivity (Wildman–Crippen MR) is 72.5 cm³/mol. The summed E-state index contributed by atoms with van der Waals surface area (Å²) >= 11 is 0. The number of benzene rings is 1. The van der Waals surface area contributed by atoms with E-state index in [4.69, 9.17) is 4.74 Å². The molecule has 0 saturated carbocycles. The Kier molecular flexibility index (Phi) is 5.14. The van der Waals surface area contributed by atoms with Crippen molar-refractivity contribution in [3.63, 3.8) is 0 Å². The van der Waals surface area contributed by atoms with E-state index in [1.54, 1.807) is 12.1 Å². The second kappa shape index (κ2) is 6.85. The van der Waals surface area contributed by atoms with Crippen molar-refractivity contribution in [1.29, 1.82) is 0 Å². The van der Waals surface area contributed by atoms with Gasteiger partial charge in [-0.1, -0.05) is 6.07 Å². The van der Waals surface area contributed by atoms with E-state index in [1.165, 1.54) is 13.2 Å². The molecule has 2 N–H and O–H groups in total. The van der Waals surface area contributed by atoms with E-state index in [0.29, 0.717) is 24.4 Å². The third kappa shape index (κ3) is 3.58. The average Bonchev–Trinajstić information content (AvgIpc) is 2.45. The van der Waals surface area contributed by atoms with E-state index in [2.05, 4.69) is 5.32 Å². The Bertz CT molecular complexity index is 437. The number of nitrogens with one attached hydrogen (secondary N) is 1. The number of piperazine rings is 1. The van der Waals surface area contributed by atoms with Gasteiger partial charge in [-0.2, -0.15) is 0 Å². The van der Waals surface area contributed by atoms with Crippen LogP contribution in [0.2, 0.25) is 0 Å². The van der Waals surface area contributed by atoms with E-state index < -0.39 is 12.5 Å². The van der Waals surface area contributed by atoms with Crippen molar-refractivity contribution >= 4 is 0 Å². The largest absolute Gasteiger partial charge is 0.507 e. The van der Waals surface area contributed by atoms with Crippen molar-refractivity contribution in [3.05, 3.63) is 23.8 Å². The van der Waals surface area contributed by atoms with Gasteiger partial charge < -0.3 is 15.2 Å². The van der Waals surface area contributed by atoms with Crippen LogP contribution in [-0.2, 0) is 0 Å². The van der Waals surface area contributed by atoms with E-state index in [0.717, 1.165) is 13.1 Å². The average molecular weight is 286 g/mol. The number of hydrogen-bond donors (Lipinski definition) is 2. The van der Waals surface area contributed by atoms with Crippen LogP contribution in [0.15, 0.2) is 18.2 Å². The Balaban J connectivity index is 2.25. The highest BCUT2D eigenvalue weighted by Crippen LogP contribution is 2.35. The maximum Gasteiger partial charge on any atom is 0.240 e. The Morgan fingerprint density at radius 3 is 2.60 bits per heavy atom. The van der Waals surface area contributed by atoms with Crippen LogP contribution in [0.3, 0.4) is 0 Å². The van der Waals surface area contributed by atoms with Crippen LogP contribution >= 0.6 is 0 Å². The number of nitrogens with zero attached hydrogens (tertiary/aromatic N) is 1. The second-order valence-corrected chi connectivity index (χ2v) is 4.85. The maximum absolute atomic E-state index is 12.9. The molecule has 1 atom stereocenters. The van der Waals surface area contributed by atoms with Crippen LogP contribution < -0.4 is 10.1 Å². The number of phenolic OH excluding ortho intramolecular Hbond substituents is 1. The quantitative estimate of drug-likeness (QED) is 0.869. The lowest BCUT2D eigenvalue weighted by Gasteiger charge is -2.35. The van der Waals surface area contributed by atoms with Crippen LogP contribution in [0.1, 0.15) is 18.0 Å². The van der Waals surface area contributed by atoms with Gasteiger partial charge in [-0.3, -0.25) is 4.90 Å². The van der Waals surface area contributed by atoms with Gasteiger partial charge in [0.05, 0.1) is 7.11 Å². The molecule has 1 aliphatic rings. The molecule has 20 heavy (non-hydrogen) atoms. The molecule has 0 radical (unpaired) electrons. The molecule has 1 heterocycles. The van der Waals surface area contributed by atoms with Gasteiger partial charge in [-0.25, -0.2) is 8.78 Å². The molecule has 112 valence electrons. The molecule has 0 aliphatic carbocycles. The van der Waals surface area contributed by atoms with Gasteiger partial charge >= 0.3 is 0 Å². The number of ether oxygens (including phenoxy) is 1. The highest BCUT2D eigenvalue weighted by atomic mass is 19.3. The van der Waals surface area contributed by atoms with E-state index in [1.807, 2.05) is 4.90 Å². The highest BCUT2D eigenvalue weighted by molar-refractivity contribution is 5.41. The minimum atomic E-state index is -2.41. The lowest BCUT2D eigenvalue weighted by molar-refractivity contribution is 0.0729. The van der Waals surface area contributed by atoms with Gasteiger partial charge in [0.25, 0.3) is 0 Å². The fourth-order valence-electron chi connectivity index (χ4n) is 2.57. The summed E-state index contributed by atoms with van der Waals surface area (Å²) in [6.45, 7) is 2.94. The molecule has 4 nitrogen and oxygen atoms in total. The van der Waals surface area contributed by atoms with Crippen molar-refractivity contribution in [2.45, 2.75) is 18.9 Å². The molecule has 0 unspecified atom stereocenters. The Morgan fingerprint density at radius 2 is 2.05 bits per heavy atom. The smallest absolute Gasteiger partial charge is 0.240 e. The molecule has 0 amide bonds. The summed E-state index contributed by atoms with van der Waals surface area (Å²) in [5.41, 5.74) is 0.535. The Morgan fingerprint density at radius 1 is 1.35 bits per heavy atom. The summed E-state index contributed by atoms with van der Waals surface area (Å²) in [6, 6.07) is 4.36. The molecule has 1 aliphatic heterocycles. The summed E-state index contributed by atoms with van der Waals surface area (Å²) in [5.74, 6) is 0.524. The maximum atomic E-state index is 12.9. The minimum Gasteiger partial charge on any atom is -0.507 e. The fourth-order valence-corrected chi connectivity index (χ4v) is 2.57. The zero-order valence-corrected chi connectivity index (χ0v) is 11.5. The standard InChI is InChI=1S/C14H20F2N2O2/c1-20-10-2-3-11(13(19)8-10)12(9-14(15)16)18-6-4-17-5-7-18/h2-3,8,12,14,17,19H,4-7,9H2,1H3/t12-/m0/s1. The minimum absolute atomic E-state index is 0.00790. The molecule has 1 saturated heterocycles. The zero-order valence-electron chi connectivity index (χ0n) is 11.5. The monoisotopic (exact) mass is 286 g/mol. The number of aromatic hydroxyl groups is 1. The van der Waals surface area contributed by atoms with Crippen LogP contribution in [0, 0.1) is 0 Å². The normalized spacial score (nSPS) is 18.2. The number of alkyl halides is 2. The second-order valence-electron chi connectivity index (χ2n) is 4.85. The zero-order chi connectivity index (χ0) is 14.5. The van der Waals surface area contributed by atoms with E-state index in [-0.39, 0.29) is 12.2 Å². The molecule has 1 fully saturated rings. The molecular formula is C14H20F2N2O2. The summed E-state index contributed by atoms with van der Waals surface area (Å²) in [7, 11) is 1.50. The van der Waals surface area contributed by atoms with Crippen LogP contribution in [0.4, 0.5) is 8.78 Å². The Labute approximate surface area is 117 Å². The first kappa shape index (κ1) is 15.0. The van der Waals surface area contributed by atoms with Gasteiger partial charge in [0.2, 0.25) is 6.43 Å². The number of hydrogen-bond acceptors (Lipinski definition) is 4. The van der Waals surface area contributed by atoms with Crippen molar-refractivity contribution < 1.29 is 18.6 Å². The van der Waals surface area contributed by atoms with Gasteiger partial charge in [-0.15, -0.1) is 0 Å². The highest BCUT2D eigenvalue weighted by Gasteiger charge is 2.27. The van der Waals surface area contributed by atoms with Crippen LogP contribution in [0.5, 0.6) is 11.5 Å². The van der Waals surface area contributed by atoms with Gasteiger partial charge in [0.15, 0.2) is 0 Å². The molecular weight excluding hydrogens is 266 g/mol. The number of rotatable bonds is 5. The molecule has 2 rings (SSSR count). The van der Waals surface area contributed by atoms with Crippen molar-refractivity contribution in [3.8, 4) is 11.5 Å². The van der Waals surface area contributed by atoms with Gasteiger partial charge in [0, 0.05) is 50.3 Å². The van der Waals surface area contributed by atoms with Crippen molar-refractivity contribution in [2.75, 3.05) is 33.3 Å². The van der Waals surface area contributed by atoms with E-state index in [9.17, 15) is 13.9 Å². The summed E-state index contributed by atoms with van der Waals surface area (Å²) in [4.78, 5) is 1.99. The first-order valence-corrected chi connectivity index (χ1v) is 6.71. The molecule has 0 spiro atoms. The first-order chi connectivity index (χ1) is 9.61. The fraction of sp³-hybridized carbons (Fsp3) is 0.571. The SMILES string of the molecule is COc1ccc([C@H](CC(F)F)N2CCNCC2)c(O)c1. The van der Waals surface area contributed by atoms with Crippen molar-refractivity contribution in [1.82, 2.24) is 10.2 Å².